The van der Waals surface area contributed by atoms with Crippen molar-refractivity contribution in [2.45, 2.75) is 52.5 Å². The lowest BCUT2D eigenvalue weighted by Gasteiger charge is -2.28. The minimum atomic E-state index is -0.0397. The van der Waals surface area contributed by atoms with E-state index in [-0.39, 0.29) is 5.91 Å². The maximum Gasteiger partial charge on any atom is 0.251 e. The maximum absolute atomic E-state index is 12.8. The second-order valence-corrected chi connectivity index (χ2v) is 7.96. The molecule has 28 heavy (non-hydrogen) atoms. The van der Waals surface area contributed by atoms with E-state index in [2.05, 4.69) is 48.3 Å². The van der Waals surface area contributed by atoms with E-state index in [9.17, 15) is 4.79 Å². The van der Waals surface area contributed by atoms with Crippen molar-refractivity contribution in [2.24, 2.45) is 0 Å². The highest BCUT2D eigenvalue weighted by Gasteiger charge is 2.16. The number of piperidine rings is 1. The van der Waals surface area contributed by atoms with Gasteiger partial charge in [-0.1, -0.05) is 26.0 Å². The maximum atomic E-state index is 12.8. The lowest BCUT2D eigenvalue weighted by atomic mass is 9.96. The monoisotopic (exact) mass is 380 g/mol. The van der Waals surface area contributed by atoms with E-state index in [0.29, 0.717) is 12.5 Å². The third-order valence-electron chi connectivity index (χ3n) is 5.55. The molecule has 0 aliphatic carbocycles. The molecule has 0 unspecified atom stereocenters. The smallest absolute Gasteiger partial charge is 0.251 e. The third kappa shape index (κ3) is 4.67. The normalized spacial score (nSPS) is 14.2. The van der Waals surface area contributed by atoms with Crippen molar-refractivity contribution in [3.05, 3.63) is 58.7 Å². The molecule has 1 heterocycles. The van der Waals surface area contributed by atoms with Crippen LogP contribution >= 0.6 is 0 Å². The molecule has 1 aliphatic rings. The van der Waals surface area contributed by atoms with E-state index >= 15 is 0 Å². The minimum Gasteiger partial charge on any atom is -0.496 e. The van der Waals surface area contributed by atoms with Gasteiger partial charge in [-0.25, -0.2) is 0 Å². The van der Waals surface area contributed by atoms with Crippen LogP contribution in [0.3, 0.4) is 0 Å². The average molecular weight is 381 g/mol. The molecule has 2 aromatic carbocycles. The fraction of sp³-hybridized carbons (Fsp3) is 0.458. The van der Waals surface area contributed by atoms with Crippen LogP contribution in [0.5, 0.6) is 5.75 Å². The van der Waals surface area contributed by atoms with E-state index in [1.165, 1.54) is 24.9 Å². The van der Waals surface area contributed by atoms with Crippen molar-refractivity contribution in [3.8, 4) is 5.75 Å². The standard InChI is InChI=1S/C24H32N2O2/c1-17(2)21-15-22(18(3)14-23(21)28-4)24(27)25-16-19-8-10-20(11-9-19)26-12-6-5-7-13-26/h8-11,14-15,17H,5-7,12-13,16H2,1-4H3,(H,25,27). The molecule has 0 radical (unpaired) electrons. The number of nitrogens with zero attached hydrogens (tertiary/aromatic N) is 1. The highest BCUT2D eigenvalue weighted by molar-refractivity contribution is 5.96. The van der Waals surface area contributed by atoms with Gasteiger partial charge in [0.2, 0.25) is 0 Å². The van der Waals surface area contributed by atoms with Crippen molar-refractivity contribution < 1.29 is 9.53 Å². The number of hydrogen-bond acceptors (Lipinski definition) is 3. The van der Waals surface area contributed by atoms with Gasteiger partial charge in [0, 0.05) is 30.9 Å². The molecule has 1 saturated heterocycles. The largest absolute Gasteiger partial charge is 0.496 e. The summed E-state index contributed by atoms with van der Waals surface area (Å²) in [6.45, 7) is 8.99. The van der Waals surface area contributed by atoms with Gasteiger partial charge < -0.3 is 15.0 Å². The Labute approximate surface area is 168 Å². The van der Waals surface area contributed by atoms with Crippen LogP contribution in [-0.4, -0.2) is 26.1 Å². The van der Waals surface area contributed by atoms with Gasteiger partial charge in [0.15, 0.2) is 0 Å². The third-order valence-corrected chi connectivity index (χ3v) is 5.55. The number of ether oxygens (including phenoxy) is 1. The minimum absolute atomic E-state index is 0.0397. The number of amides is 1. The molecule has 0 bridgehead atoms. The SMILES string of the molecule is COc1cc(C)c(C(=O)NCc2ccc(N3CCCCC3)cc2)cc1C(C)C. The van der Waals surface area contributed by atoms with Crippen molar-refractivity contribution in [3.63, 3.8) is 0 Å². The number of aryl methyl sites for hydroxylation is 1. The summed E-state index contributed by atoms with van der Waals surface area (Å²) in [4.78, 5) is 15.2. The fourth-order valence-electron chi connectivity index (χ4n) is 3.83. The summed E-state index contributed by atoms with van der Waals surface area (Å²) >= 11 is 0. The zero-order valence-electron chi connectivity index (χ0n) is 17.5. The van der Waals surface area contributed by atoms with Crippen LogP contribution < -0.4 is 15.0 Å². The molecule has 2 aromatic rings. The molecule has 0 atom stereocenters. The summed E-state index contributed by atoms with van der Waals surface area (Å²) in [7, 11) is 1.67. The quantitative estimate of drug-likeness (QED) is 0.763. The summed E-state index contributed by atoms with van der Waals surface area (Å²) in [6.07, 6.45) is 3.89. The molecule has 1 N–H and O–H groups in total. The first-order valence-corrected chi connectivity index (χ1v) is 10.3. The Morgan fingerprint density at radius 3 is 2.39 bits per heavy atom. The molecule has 4 nitrogen and oxygen atoms in total. The van der Waals surface area contributed by atoms with Crippen molar-refractivity contribution in [2.75, 3.05) is 25.1 Å². The molecular formula is C24H32N2O2. The molecule has 0 spiro atoms. The second-order valence-electron chi connectivity index (χ2n) is 7.96. The van der Waals surface area contributed by atoms with Gasteiger partial charge in [-0.15, -0.1) is 0 Å². The zero-order valence-corrected chi connectivity index (χ0v) is 17.5. The lowest BCUT2D eigenvalue weighted by molar-refractivity contribution is 0.0950. The van der Waals surface area contributed by atoms with Crippen LogP contribution in [0.1, 0.15) is 66.1 Å². The van der Waals surface area contributed by atoms with Crippen molar-refractivity contribution in [1.82, 2.24) is 5.32 Å². The molecule has 150 valence electrons. The summed E-state index contributed by atoms with van der Waals surface area (Å²) in [6, 6.07) is 12.5. The van der Waals surface area contributed by atoms with Gasteiger partial charge in [0.1, 0.15) is 5.75 Å². The Balaban J connectivity index is 1.66. The molecule has 1 amide bonds. The number of benzene rings is 2. The Hall–Kier alpha value is -2.49. The summed E-state index contributed by atoms with van der Waals surface area (Å²) in [5.74, 6) is 1.10. The summed E-state index contributed by atoms with van der Waals surface area (Å²) < 4.78 is 5.48. The van der Waals surface area contributed by atoms with Crippen LogP contribution in [0.15, 0.2) is 36.4 Å². The van der Waals surface area contributed by atoms with Gasteiger partial charge in [-0.2, -0.15) is 0 Å². The first-order valence-electron chi connectivity index (χ1n) is 10.3. The van der Waals surface area contributed by atoms with E-state index in [1.807, 2.05) is 19.1 Å². The molecular weight excluding hydrogens is 348 g/mol. The molecule has 1 fully saturated rings. The van der Waals surface area contributed by atoms with Gasteiger partial charge in [-0.3, -0.25) is 4.79 Å². The molecule has 0 saturated carbocycles. The Bertz CT molecular complexity index is 806. The van der Waals surface area contributed by atoms with E-state index in [1.54, 1.807) is 7.11 Å². The van der Waals surface area contributed by atoms with Crippen LogP contribution in [0.2, 0.25) is 0 Å². The predicted molar refractivity (Wildman–Crippen MR) is 115 cm³/mol. The fourth-order valence-corrected chi connectivity index (χ4v) is 3.83. The van der Waals surface area contributed by atoms with Gasteiger partial charge in [0.25, 0.3) is 5.91 Å². The van der Waals surface area contributed by atoms with Crippen LogP contribution in [0.25, 0.3) is 0 Å². The van der Waals surface area contributed by atoms with Crippen LogP contribution in [0, 0.1) is 6.92 Å². The molecule has 1 aliphatic heterocycles. The number of rotatable bonds is 6. The highest BCUT2D eigenvalue weighted by Crippen LogP contribution is 2.29. The van der Waals surface area contributed by atoms with Crippen LogP contribution in [-0.2, 0) is 6.54 Å². The van der Waals surface area contributed by atoms with Crippen LogP contribution in [0.4, 0.5) is 5.69 Å². The number of anilines is 1. The summed E-state index contributed by atoms with van der Waals surface area (Å²) in [5, 5.41) is 3.07. The number of carbonyl (C=O) groups excluding carboxylic acids is 1. The van der Waals surface area contributed by atoms with Crippen molar-refractivity contribution in [1.29, 1.82) is 0 Å². The predicted octanol–water partition coefficient (Wildman–Crippen LogP) is 5.05. The highest BCUT2D eigenvalue weighted by atomic mass is 16.5. The van der Waals surface area contributed by atoms with Crippen molar-refractivity contribution >= 4 is 11.6 Å². The molecule has 4 heteroatoms. The Morgan fingerprint density at radius 2 is 1.79 bits per heavy atom. The van der Waals surface area contributed by atoms with Gasteiger partial charge in [0.05, 0.1) is 7.11 Å². The number of nitrogens with one attached hydrogen (secondary N) is 1. The molecule has 3 rings (SSSR count). The number of carbonyl (C=O) groups is 1. The summed E-state index contributed by atoms with van der Waals surface area (Å²) in [5.41, 5.74) is 5.10. The van der Waals surface area contributed by atoms with E-state index in [0.717, 1.165) is 41.1 Å². The molecule has 0 aromatic heterocycles. The Kier molecular flexibility index (Phi) is 6.61. The number of methoxy groups -OCH3 is 1. The Morgan fingerprint density at radius 1 is 1.11 bits per heavy atom. The first kappa shape index (κ1) is 20.2. The second kappa shape index (κ2) is 9.13. The van der Waals surface area contributed by atoms with Gasteiger partial charge >= 0.3 is 0 Å². The lowest BCUT2D eigenvalue weighted by Crippen LogP contribution is -2.29. The topological polar surface area (TPSA) is 41.6 Å². The van der Waals surface area contributed by atoms with E-state index < -0.39 is 0 Å². The first-order chi connectivity index (χ1) is 13.5. The number of hydrogen-bond donors (Lipinski definition) is 1. The van der Waals surface area contributed by atoms with Gasteiger partial charge in [-0.05, 0) is 73.1 Å². The van der Waals surface area contributed by atoms with E-state index in [4.69, 9.17) is 4.74 Å². The zero-order chi connectivity index (χ0) is 20.1. The average Bonchev–Trinajstić information content (AvgIpc) is 2.72.